The van der Waals surface area contributed by atoms with Crippen LogP contribution in [0.3, 0.4) is 0 Å². The molecular formula is C13H13N5O. The lowest BCUT2D eigenvalue weighted by Crippen LogP contribution is -2.27. The van der Waals surface area contributed by atoms with Gasteiger partial charge in [0.15, 0.2) is 0 Å². The van der Waals surface area contributed by atoms with Gasteiger partial charge in [-0.25, -0.2) is 9.97 Å². The lowest BCUT2D eigenvalue weighted by Gasteiger charge is -2.21. The van der Waals surface area contributed by atoms with Crippen molar-refractivity contribution in [2.75, 3.05) is 24.6 Å². The minimum Gasteiger partial charge on any atom is -0.396 e. The molecule has 2 aromatic rings. The van der Waals surface area contributed by atoms with Crippen LogP contribution in [0.1, 0.15) is 12.0 Å². The molecular weight excluding hydrogens is 242 g/mol. The molecule has 0 amide bonds. The Balaban J connectivity index is 1.80. The van der Waals surface area contributed by atoms with Crippen molar-refractivity contribution in [2.24, 2.45) is 11.3 Å². The summed E-state index contributed by atoms with van der Waals surface area (Å²) in [6.07, 6.45) is 4.29. The van der Waals surface area contributed by atoms with Crippen LogP contribution in [0.4, 0.5) is 5.82 Å². The zero-order valence-electron chi connectivity index (χ0n) is 10.3. The van der Waals surface area contributed by atoms with E-state index in [1.807, 2.05) is 0 Å². The van der Waals surface area contributed by atoms with Gasteiger partial charge in [-0.2, -0.15) is 5.26 Å². The number of nitriles is 1. The molecule has 96 valence electrons. The monoisotopic (exact) mass is 255 g/mol. The molecule has 0 radical (unpaired) electrons. The Morgan fingerprint density at radius 2 is 2.47 bits per heavy atom. The van der Waals surface area contributed by atoms with Crippen LogP contribution in [-0.4, -0.2) is 39.8 Å². The lowest BCUT2D eigenvalue weighted by atomic mass is 10.1. The van der Waals surface area contributed by atoms with Crippen molar-refractivity contribution in [3.8, 4) is 6.07 Å². The van der Waals surface area contributed by atoms with E-state index < -0.39 is 0 Å². The van der Waals surface area contributed by atoms with Crippen molar-refractivity contribution in [1.82, 2.24) is 15.0 Å². The number of piperidine rings is 1. The van der Waals surface area contributed by atoms with Gasteiger partial charge in [0, 0.05) is 24.7 Å². The quantitative estimate of drug-likeness (QED) is 0.822. The van der Waals surface area contributed by atoms with E-state index in [-0.39, 0.29) is 12.0 Å². The number of fused-ring (bicyclic) bond motifs is 2. The second-order valence-corrected chi connectivity index (χ2v) is 5.54. The van der Waals surface area contributed by atoms with Crippen molar-refractivity contribution in [2.45, 2.75) is 6.42 Å². The third kappa shape index (κ3) is 1.33. The first-order valence-electron chi connectivity index (χ1n) is 6.35. The summed E-state index contributed by atoms with van der Waals surface area (Å²) < 4.78 is 0. The first-order valence-corrected chi connectivity index (χ1v) is 6.35. The summed E-state index contributed by atoms with van der Waals surface area (Å²) in [5.74, 6) is 1.37. The summed E-state index contributed by atoms with van der Waals surface area (Å²) >= 11 is 0. The Morgan fingerprint density at radius 3 is 3.21 bits per heavy atom. The molecule has 6 nitrogen and oxygen atoms in total. The molecule has 19 heavy (non-hydrogen) atoms. The number of hydrogen-bond donors (Lipinski definition) is 2. The van der Waals surface area contributed by atoms with E-state index in [9.17, 15) is 5.11 Å². The summed E-state index contributed by atoms with van der Waals surface area (Å²) in [6.45, 7) is 1.96. The highest BCUT2D eigenvalue weighted by atomic mass is 16.3. The fraction of sp³-hybridized carbons (Fsp3) is 0.462. The Labute approximate surface area is 109 Å². The topological polar surface area (TPSA) is 88.8 Å². The summed E-state index contributed by atoms with van der Waals surface area (Å²) in [5.41, 5.74) is 1.34. The number of aromatic amines is 1. The molecule has 0 aromatic carbocycles. The van der Waals surface area contributed by atoms with Crippen LogP contribution >= 0.6 is 0 Å². The van der Waals surface area contributed by atoms with Crippen LogP contribution in [0.25, 0.3) is 11.0 Å². The molecule has 2 aromatic heterocycles. The average molecular weight is 255 g/mol. The second kappa shape index (κ2) is 3.45. The van der Waals surface area contributed by atoms with E-state index in [2.05, 4.69) is 25.9 Å². The molecule has 2 unspecified atom stereocenters. The van der Waals surface area contributed by atoms with E-state index in [4.69, 9.17) is 5.26 Å². The highest BCUT2D eigenvalue weighted by molar-refractivity contribution is 5.93. The maximum atomic E-state index is 9.49. The molecule has 3 heterocycles. The SMILES string of the molecule is N#Cc1c[nH]c2ncnc(N3CC4CC4(CO)C3)c12. The van der Waals surface area contributed by atoms with Crippen molar-refractivity contribution in [1.29, 1.82) is 5.26 Å². The van der Waals surface area contributed by atoms with Crippen molar-refractivity contribution < 1.29 is 5.11 Å². The number of nitrogens with one attached hydrogen (secondary N) is 1. The zero-order chi connectivity index (χ0) is 13.0. The van der Waals surface area contributed by atoms with Gasteiger partial charge in [-0.15, -0.1) is 0 Å². The van der Waals surface area contributed by atoms with Gasteiger partial charge in [-0.05, 0) is 12.3 Å². The number of aliphatic hydroxyl groups excluding tert-OH is 1. The average Bonchev–Trinajstić information content (AvgIpc) is 2.84. The van der Waals surface area contributed by atoms with Gasteiger partial charge in [0.25, 0.3) is 0 Å². The number of aromatic nitrogens is 3. The molecule has 1 aliphatic heterocycles. The predicted octanol–water partition coefficient (Wildman–Crippen LogP) is 0.648. The molecule has 2 N–H and O–H groups in total. The maximum absolute atomic E-state index is 9.49. The molecule has 2 atom stereocenters. The van der Waals surface area contributed by atoms with Crippen LogP contribution in [-0.2, 0) is 0 Å². The number of nitrogens with zero attached hydrogens (tertiary/aromatic N) is 4. The summed E-state index contributed by atoms with van der Waals surface area (Å²) in [5, 5.41) is 19.4. The minimum atomic E-state index is 0.0698. The fourth-order valence-electron chi connectivity index (χ4n) is 3.27. The molecule has 1 aliphatic carbocycles. The molecule has 6 heteroatoms. The molecule has 0 spiro atoms. The number of aliphatic hydroxyl groups is 1. The molecule has 0 bridgehead atoms. The van der Waals surface area contributed by atoms with Gasteiger partial charge < -0.3 is 15.0 Å². The van der Waals surface area contributed by atoms with Gasteiger partial charge in [-0.1, -0.05) is 0 Å². The molecule has 1 saturated heterocycles. The molecule has 2 fully saturated rings. The Morgan fingerprint density at radius 1 is 1.58 bits per heavy atom. The van der Waals surface area contributed by atoms with E-state index in [0.29, 0.717) is 17.1 Å². The van der Waals surface area contributed by atoms with Crippen LogP contribution in [0.15, 0.2) is 12.5 Å². The van der Waals surface area contributed by atoms with Crippen LogP contribution < -0.4 is 4.90 Å². The normalized spacial score (nSPS) is 28.4. The smallest absolute Gasteiger partial charge is 0.144 e. The third-order valence-corrected chi connectivity index (χ3v) is 4.49. The summed E-state index contributed by atoms with van der Waals surface area (Å²) in [4.78, 5) is 13.7. The molecule has 4 rings (SSSR count). The highest BCUT2D eigenvalue weighted by Crippen LogP contribution is 2.58. The third-order valence-electron chi connectivity index (χ3n) is 4.49. The van der Waals surface area contributed by atoms with Gasteiger partial charge in [0.1, 0.15) is 23.9 Å². The highest BCUT2D eigenvalue weighted by Gasteiger charge is 2.59. The first-order chi connectivity index (χ1) is 9.27. The van der Waals surface area contributed by atoms with Crippen molar-refractivity contribution in [3.63, 3.8) is 0 Å². The van der Waals surface area contributed by atoms with E-state index in [1.54, 1.807) is 6.20 Å². The Hall–Kier alpha value is -2.13. The van der Waals surface area contributed by atoms with Crippen molar-refractivity contribution >= 4 is 16.9 Å². The van der Waals surface area contributed by atoms with Gasteiger partial charge in [0.05, 0.1) is 17.6 Å². The van der Waals surface area contributed by atoms with Crippen LogP contribution in [0.5, 0.6) is 0 Å². The van der Waals surface area contributed by atoms with E-state index >= 15 is 0 Å². The molecule has 1 saturated carbocycles. The first kappa shape index (κ1) is 10.8. The fourth-order valence-corrected chi connectivity index (χ4v) is 3.27. The van der Waals surface area contributed by atoms with Crippen LogP contribution in [0, 0.1) is 22.7 Å². The minimum absolute atomic E-state index is 0.0698. The van der Waals surface area contributed by atoms with Crippen LogP contribution in [0.2, 0.25) is 0 Å². The van der Waals surface area contributed by atoms with Gasteiger partial charge >= 0.3 is 0 Å². The summed E-state index contributed by atoms with van der Waals surface area (Å²) in [7, 11) is 0. The predicted molar refractivity (Wildman–Crippen MR) is 68.4 cm³/mol. The number of anilines is 1. The summed E-state index contributed by atoms with van der Waals surface area (Å²) in [6, 6.07) is 2.17. The largest absolute Gasteiger partial charge is 0.396 e. The maximum Gasteiger partial charge on any atom is 0.144 e. The van der Waals surface area contributed by atoms with Gasteiger partial charge in [-0.3, -0.25) is 0 Å². The number of H-pyrrole nitrogens is 1. The van der Waals surface area contributed by atoms with Gasteiger partial charge in [0.2, 0.25) is 0 Å². The van der Waals surface area contributed by atoms with Crippen molar-refractivity contribution in [3.05, 3.63) is 18.1 Å². The zero-order valence-corrected chi connectivity index (χ0v) is 10.3. The number of rotatable bonds is 2. The lowest BCUT2D eigenvalue weighted by molar-refractivity contribution is 0.216. The molecule has 2 aliphatic rings. The van der Waals surface area contributed by atoms with E-state index in [0.717, 1.165) is 30.7 Å². The Kier molecular flexibility index (Phi) is 1.96. The Bertz CT molecular complexity index is 699. The van der Waals surface area contributed by atoms with E-state index in [1.165, 1.54) is 6.33 Å². The number of hydrogen-bond acceptors (Lipinski definition) is 5. The standard InChI is InChI=1S/C13H13N5O/c14-2-8-3-15-11-10(8)12(17-7-16-11)18-4-9-1-13(9,5-18)6-19/h3,7,9,19H,1,4-6H2,(H,15,16,17). The second-order valence-electron chi connectivity index (χ2n) is 5.54.